The fraction of sp³-hybridized carbons (Fsp3) is 0. The molecule has 0 aliphatic heterocycles. The highest BCUT2D eigenvalue weighted by Gasteiger charge is 2.28. The molecule has 7 nitrogen and oxygen atoms in total. The van der Waals surface area contributed by atoms with Crippen LogP contribution in [0.3, 0.4) is 0 Å². The molecule has 0 unspecified atom stereocenters. The van der Waals surface area contributed by atoms with Crippen LogP contribution < -0.4 is 10.6 Å². The smallest absolute Gasteiger partial charge is 0.339 e. The Hall–Kier alpha value is -3.48. The standard InChI is InChI=1S/C16H12N4O3/c17-15(22)20(14(21)12-9-5-2-6-10-12)16-18-13(19-23-16)11-7-3-1-4-8-11/h1-10H,(H2,17,22). The first-order valence-corrected chi connectivity index (χ1v) is 6.75. The van der Waals surface area contributed by atoms with Crippen molar-refractivity contribution < 1.29 is 14.1 Å². The van der Waals surface area contributed by atoms with Crippen LogP contribution in [0, 0.1) is 0 Å². The maximum atomic E-state index is 12.4. The Balaban J connectivity index is 1.95. The molecule has 0 spiro atoms. The average Bonchev–Trinajstić information content (AvgIpc) is 3.06. The number of nitrogens with two attached hydrogens (primary N) is 1. The summed E-state index contributed by atoms with van der Waals surface area (Å²) in [7, 11) is 0. The summed E-state index contributed by atoms with van der Waals surface area (Å²) in [6.45, 7) is 0. The lowest BCUT2D eigenvalue weighted by Crippen LogP contribution is -2.41. The van der Waals surface area contributed by atoms with Gasteiger partial charge in [0.15, 0.2) is 0 Å². The lowest BCUT2D eigenvalue weighted by atomic mass is 10.2. The monoisotopic (exact) mass is 308 g/mol. The zero-order chi connectivity index (χ0) is 16.2. The van der Waals surface area contributed by atoms with E-state index in [0.717, 1.165) is 0 Å². The van der Waals surface area contributed by atoms with E-state index in [9.17, 15) is 9.59 Å². The predicted molar refractivity (Wildman–Crippen MR) is 82.6 cm³/mol. The first kappa shape index (κ1) is 14.5. The van der Waals surface area contributed by atoms with Crippen molar-refractivity contribution in [2.45, 2.75) is 0 Å². The Kier molecular flexibility index (Phi) is 3.84. The molecule has 0 aliphatic carbocycles. The number of nitrogens with zero attached hydrogens (tertiary/aromatic N) is 3. The summed E-state index contributed by atoms with van der Waals surface area (Å²) in [5.74, 6) is -0.380. The minimum Gasteiger partial charge on any atom is -0.351 e. The van der Waals surface area contributed by atoms with E-state index in [1.807, 2.05) is 18.2 Å². The number of benzene rings is 2. The molecule has 2 N–H and O–H groups in total. The molecular weight excluding hydrogens is 296 g/mol. The van der Waals surface area contributed by atoms with Crippen LogP contribution >= 0.6 is 0 Å². The second kappa shape index (κ2) is 6.10. The van der Waals surface area contributed by atoms with Gasteiger partial charge in [0.2, 0.25) is 5.82 Å². The molecule has 0 fully saturated rings. The molecule has 0 saturated heterocycles. The number of hydrogen-bond acceptors (Lipinski definition) is 5. The molecule has 7 heteroatoms. The van der Waals surface area contributed by atoms with E-state index < -0.39 is 11.9 Å². The van der Waals surface area contributed by atoms with Crippen LogP contribution in [0.25, 0.3) is 11.4 Å². The van der Waals surface area contributed by atoms with E-state index in [1.54, 1.807) is 42.5 Å². The zero-order valence-electron chi connectivity index (χ0n) is 11.9. The quantitative estimate of drug-likeness (QED) is 0.800. The number of anilines is 1. The maximum Gasteiger partial charge on any atom is 0.339 e. The number of imide groups is 1. The van der Waals surface area contributed by atoms with Crippen LogP contribution in [0.4, 0.5) is 10.8 Å². The van der Waals surface area contributed by atoms with Gasteiger partial charge in [-0.1, -0.05) is 53.7 Å². The van der Waals surface area contributed by atoms with Gasteiger partial charge in [-0.15, -0.1) is 0 Å². The molecule has 0 saturated carbocycles. The van der Waals surface area contributed by atoms with Gasteiger partial charge >= 0.3 is 12.0 Å². The third kappa shape index (κ3) is 2.93. The highest BCUT2D eigenvalue weighted by atomic mass is 16.5. The summed E-state index contributed by atoms with van der Waals surface area (Å²) >= 11 is 0. The van der Waals surface area contributed by atoms with Crippen LogP contribution in [-0.4, -0.2) is 22.1 Å². The molecule has 23 heavy (non-hydrogen) atoms. The summed E-state index contributed by atoms with van der Waals surface area (Å²) in [6, 6.07) is 16.0. The molecule has 1 heterocycles. The maximum absolute atomic E-state index is 12.4. The van der Waals surface area contributed by atoms with Gasteiger partial charge in [0.05, 0.1) is 0 Å². The van der Waals surface area contributed by atoms with Crippen LogP contribution in [0.15, 0.2) is 65.2 Å². The number of carbonyl (C=O) groups is 2. The van der Waals surface area contributed by atoms with Gasteiger partial charge in [0.1, 0.15) is 0 Å². The molecule has 0 atom stereocenters. The number of hydrogen-bond donors (Lipinski definition) is 1. The van der Waals surface area contributed by atoms with Gasteiger partial charge in [0, 0.05) is 11.1 Å². The summed E-state index contributed by atoms with van der Waals surface area (Å²) in [6.07, 6.45) is 0. The Morgan fingerprint density at radius 1 is 0.957 bits per heavy atom. The van der Waals surface area contributed by atoms with Gasteiger partial charge < -0.3 is 10.3 Å². The van der Waals surface area contributed by atoms with Gasteiger partial charge in [-0.25, -0.2) is 4.79 Å². The lowest BCUT2D eigenvalue weighted by Gasteiger charge is -2.12. The Labute approximate surface area is 131 Å². The molecule has 3 amide bonds. The van der Waals surface area contributed by atoms with Crippen molar-refractivity contribution in [2.24, 2.45) is 5.73 Å². The number of rotatable bonds is 3. The van der Waals surface area contributed by atoms with Gasteiger partial charge in [-0.2, -0.15) is 9.88 Å². The molecule has 2 aromatic carbocycles. The molecule has 3 rings (SSSR count). The largest absolute Gasteiger partial charge is 0.351 e. The van der Waals surface area contributed by atoms with Crippen molar-refractivity contribution in [1.82, 2.24) is 10.1 Å². The van der Waals surface area contributed by atoms with E-state index in [4.69, 9.17) is 10.3 Å². The van der Waals surface area contributed by atoms with Gasteiger partial charge in [0.25, 0.3) is 5.91 Å². The van der Waals surface area contributed by atoms with E-state index in [-0.39, 0.29) is 17.4 Å². The van der Waals surface area contributed by atoms with Crippen molar-refractivity contribution in [3.05, 3.63) is 66.2 Å². The van der Waals surface area contributed by atoms with Gasteiger partial charge in [-0.3, -0.25) is 4.79 Å². The van der Waals surface area contributed by atoms with E-state index in [2.05, 4.69) is 10.1 Å². The van der Waals surface area contributed by atoms with Crippen LogP contribution in [0.2, 0.25) is 0 Å². The summed E-state index contributed by atoms with van der Waals surface area (Å²) < 4.78 is 5.03. The molecule has 3 aromatic rings. The molecule has 0 aliphatic rings. The minimum atomic E-state index is -0.998. The predicted octanol–water partition coefficient (Wildman–Crippen LogP) is 2.46. The molecule has 114 valence electrons. The van der Waals surface area contributed by atoms with E-state index >= 15 is 0 Å². The zero-order valence-corrected chi connectivity index (χ0v) is 11.9. The Morgan fingerprint density at radius 3 is 2.17 bits per heavy atom. The highest BCUT2D eigenvalue weighted by Crippen LogP contribution is 2.21. The molecule has 0 bridgehead atoms. The number of carbonyl (C=O) groups excluding carboxylic acids is 2. The fourth-order valence-electron chi connectivity index (χ4n) is 2.00. The second-order valence-electron chi connectivity index (χ2n) is 4.61. The number of urea groups is 1. The molecule has 0 radical (unpaired) electrons. The van der Waals surface area contributed by atoms with Crippen LogP contribution in [-0.2, 0) is 0 Å². The summed E-state index contributed by atoms with van der Waals surface area (Å²) in [4.78, 5) is 28.8. The number of primary amides is 1. The summed E-state index contributed by atoms with van der Waals surface area (Å²) in [5, 5.41) is 3.78. The third-order valence-corrected chi connectivity index (χ3v) is 3.08. The highest BCUT2D eigenvalue weighted by molar-refractivity contribution is 6.19. The summed E-state index contributed by atoms with van der Waals surface area (Å²) in [5.41, 5.74) is 6.27. The SMILES string of the molecule is NC(=O)N(C(=O)c1ccccc1)c1nc(-c2ccccc2)no1. The van der Waals surface area contributed by atoms with Crippen LogP contribution in [0.5, 0.6) is 0 Å². The molecule has 1 aromatic heterocycles. The van der Waals surface area contributed by atoms with E-state index in [0.29, 0.717) is 10.5 Å². The van der Waals surface area contributed by atoms with E-state index in [1.165, 1.54) is 0 Å². The van der Waals surface area contributed by atoms with Crippen molar-refractivity contribution in [2.75, 3.05) is 4.90 Å². The number of aromatic nitrogens is 2. The molecular formula is C16H12N4O3. The topological polar surface area (TPSA) is 102 Å². The number of amides is 3. The van der Waals surface area contributed by atoms with Crippen molar-refractivity contribution in [1.29, 1.82) is 0 Å². The average molecular weight is 308 g/mol. The Morgan fingerprint density at radius 2 is 1.57 bits per heavy atom. The Bertz CT molecular complexity index is 831. The lowest BCUT2D eigenvalue weighted by molar-refractivity contribution is 0.0989. The van der Waals surface area contributed by atoms with Crippen molar-refractivity contribution >= 4 is 18.0 Å². The second-order valence-corrected chi connectivity index (χ2v) is 4.61. The normalized spacial score (nSPS) is 10.3. The first-order valence-electron chi connectivity index (χ1n) is 6.75. The fourth-order valence-corrected chi connectivity index (χ4v) is 2.00. The van der Waals surface area contributed by atoms with Crippen LogP contribution in [0.1, 0.15) is 10.4 Å². The first-order chi connectivity index (χ1) is 11.2. The van der Waals surface area contributed by atoms with Gasteiger partial charge in [-0.05, 0) is 12.1 Å². The third-order valence-electron chi connectivity index (χ3n) is 3.08. The minimum absolute atomic E-state index is 0.257. The van der Waals surface area contributed by atoms with Crippen molar-refractivity contribution in [3.63, 3.8) is 0 Å². The van der Waals surface area contributed by atoms with Crippen molar-refractivity contribution in [3.8, 4) is 11.4 Å².